The van der Waals surface area contributed by atoms with Crippen LogP contribution in [-0.4, -0.2) is 39.5 Å². The van der Waals surface area contributed by atoms with Crippen molar-refractivity contribution >= 4 is 23.2 Å². The molecule has 1 saturated heterocycles. The van der Waals surface area contributed by atoms with Crippen LogP contribution in [0.2, 0.25) is 0 Å². The van der Waals surface area contributed by atoms with Gasteiger partial charge in [0.05, 0.1) is 29.5 Å². The monoisotopic (exact) mass is 651 g/mol. The molecule has 0 radical (unpaired) electrons. The van der Waals surface area contributed by atoms with Crippen molar-refractivity contribution in [3.05, 3.63) is 102 Å². The summed E-state index contributed by atoms with van der Waals surface area (Å²) < 4.78 is 17.0. The number of para-hydroxylation sites is 1. The third-order valence-corrected chi connectivity index (χ3v) is 12.4. The Labute approximate surface area is 279 Å². The lowest BCUT2D eigenvalue weighted by Crippen LogP contribution is -2.66. The van der Waals surface area contributed by atoms with Crippen molar-refractivity contribution in [2.24, 2.45) is 27.6 Å². The molecule has 2 aromatic carbocycles. The molecule has 5 aliphatic rings. The van der Waals surface area contributed by atoms with E-state index in [1.54, 1.807) is 36.6 Å². The van der Waals surface area contributed by atoms with Gasteiger partial charge in [-0.1, -0.05) is 38.1 Å². The number of rotatable bonds is 3. The lowest BCUT2D eigenvalue weighted by molar-refractivity contribution is -0.162. The summed E-state index contributed by atoms with van der Waals surface area (Å²) in [7, 11) is 0. The molecule has 7 atom stereocenters. The van der Waals surface area contributed by atoms with E-state index < -0.39 is 27.8 Å². The number of Topliss-reactive ketones (excluding diaryl/α,β-unsaturated/α-hetero) is 1. The number of ether oxygens (including phenoxy) is 2. The Hall–Kier alpha value is -4.63. The quantitative estimate of drug-likeness (QED) is 0.117. The van der Waals surface area contributed by atoms with Crippen molar-refractivity contribution in [1.82, 2.24) is 0 Å². The Bertz CT molecular complexity index is 1890. The van der Waals surface area contributed by atoms with Crippen LogP contribution >= 0.6 is 0 Å². The number of benzene rings is 2. The molecule has 48 heavy (non-hydrogen) atoms. The Kier molecular flexibility index (Phi) is 6.94. The zero-order valence-electron chi connectivity index (χ0n) is 27.8. The second-order valence-electron chi connectivity index (χ2n) is 15.0. The Morgan fingerprint density at radius 1 is 1.00 bits per heavy atom. The number of nitrogens with two attached hydrogens (primary N) is 1. The van der Waals surface area contributed by atoms with E-state index in [9.17, 15) is 24.6 Å². The number of carbonyl (C=O) groups excluding carboxylic acids is 3. The first-order chi connectivity index (χ1) is 22.6. The maximum absolute atomic E-state index is 14.0. The topological polar surface area (TPSA) is 153 Å². The maximum Gasteiger partial charge on any atom is 0.347 e. The van der Waals surface area contributed by atoms with E-state index in [1.807, 2.05) is 45.2 Å². The number of nitrogen functional groups attached to an aromatic ring is 1. The van der Waals surface area contributed by atoms with Crippen LogP contribution in [0.4, 0.5) is 5.69 Å². The molecule has 2 saturated carbocycles. The molecular formula is C39H41NO8. The van der Waals surface area contributed by atoms with Gasteiger partial charge in [-0.2, -0.15) is 0 Å². The lowest BCUT2D eigenvalue weighted by atomic mass is 9.39. The lowest BCUT2D eigenvalue weighted by Gasteiger charge is -2.62. The predicted molar refractivity (Wildman–Crippen MR) is 177 cm³/mol. The Balaban J connectivity index is 0.000000182. The molecule has 9 heteroatoms. The molecule has 1 aromatic heterocycles. The fourth-order valence-electron chi connectivity index (χ4n) is 10.2. The number of phenols is 1. The number of anilines is 1. The van der Waals surface area contributed by atoms with Crippen LogP contribution in [0.3, 0.4) is 0 Å². The molecule has 2 heterocycles. The summed E-state index contributed by atoms with van der Waals surface area (Å²) >= 11 is 0. The van der Waals surface area contributed by atoms with E-state index in [0.29, 0.717) is 17.0 Å². The molecule has 4 N–H and O–H groups in total. The number of phenolic OH excluding ortho intramolecular Hbond substituents is 1. The number of hydrogen-bond donors (Lipinski definition) is 3. The summed E-state index contributed by atoms with van der Waals surface area (Å²) in [6.07, 6.45) is 9.76. The van der Waals surface area contributed by atoms with Gasteiger partial charge in [0.25, 0.3) is 0 Å². The molecule has 0 amide bonds. The van der Waals surface area contributed by atoms with Gasteiger partial charge < -0.3 is 29.8 Å². The minimum Gasteiger partial charge on any atom is -0.507 e. The van der Waals surface area contributed by atoms with E-state index in [4.69, 9.17) is 19.6 Å². The van der Waals surface area contributed by atoms with Crippen molar-refractivity contribution in [2.45, 2.75) is 71.5 Å². The molecule has 8 rings (SSSR count). The van der Waals surface area contributed by atoms with E-state index in [1.165, 1.54) is 23.8 Å². The van der Waals surface area contributed by atoms with Crippen molar-refractivity contribution in [1.29, 1.82) is 0 Å². The van der Waals surface area contributed by atoms with Gasteiger partial charge in [-0.15, -0.1) is 0 Å². The van der Waals surface area contributed by atoms with Gasteiger partial charge in [-0.3, -0.25) is 9.59 Å². The molecular weight excluding hydrogens is 610 g/mol. The van der Waals surface area contributed by atoms with Crippen LogP contribution in [0.5, 0.6) is 11.5 Å². The number of fused-ring (bicyclic) bond motifs is 3. The molecule has 1 aliphatic heterocycles. The third-order valence-electron chi connectivity index (χ3n) is 12.4. The van der Waals surface area contributed by atoms with Crippen LogP contribution in [0, 0.1) is 27.6 Å². The Morgan fingerprint density at radius 3 is 2.40 bits per heavy atom. The third kappa shape index (κ3) is 4.09. The van der Waals surface area contributed by atoms with Gasteiger partial charge in [0.2, 0.25) is 5.78 Å². The second kappa shape index (κ2) is 10.4. The van der Waals surface area contributed by atoms with Crippen LogP contribution < -0.4 is 10.5 Å². The molecule has 7 unspecified atom stereocenters. The van der Waals surface area contributed by atoms with Gasteiger partial charge >= 0.3 is 5.97 Å². The number of epoxide rings is 1. The van der Waals surface area contributed by atoms with E-state index in [0.717, 1.165) is 19.3 Å². The first kappa shape index (κ1) is 31.9. The van der Waals surface area contributed by atoms with Gasteiger partial charge in [-0.05, 0) is 99.4 Å². The van der Waals surface area contributed by atoms with E-state index >= 15 is 0 Å². The first-order valence-corrected chi connectivity index (χ1v) is 16.4. The summed E-state index contributed by atoms with van der Waals surface area (Å²) in [6, 6.07) is 14.9. The van der Waals surface area contributed by atoms with E-state index in [-0.39, 0.29) is 52.0 Å². The molecule has 3 aromatic rings. The smallest absolute Gasteiger partial charge is 0.347 e. The highest BCUT2D eigenvalue weighted by molar-refractivity contribution is 6.06. The number of esters is 1. The molecule has 3 fully saturated rings. The first-order valence-electron chi connectivity index (χ1n) is 16.4. The number of aromatic hydroxyl groups is 1. The minimum atomic E-state index is -0.901. The van der Waals surface area contributed by atoms with Crippen molar-refractivity contribution in [2.75, 3.05) is 5.73 Å². The zero-order chi connectivity index (χ0) is 34.4. The zero-order valence-corrected chi connectivity index (χ0v) is 27.8. The molecule has 0 bridgehead atoms. The van der Waals surface area contributed by atoms with Gasteiger partial charge in [-0.25, -0.2) is 4.79 Å². The molecule has 250 valence electrons. The number of aliphatic hydroxyl groups excluding tert-OH is 1. The summed E-state index contributed by atoms with van der Waals surface area (Å²) in [4.78, 5) is 38.5. The van der Waals surface area contributed by atoms with Crippen LogP contribution in [-0.2, 0) is 14.3 Å². The standard InChI is InChI=1S/C26H30O5.C13H11NO3/c1-22(2)17(27)7-9-23(3)16-6-10-24(4)15(14-8-11-30-13-14)12-18-26(24,31-18)25(16,5)21(29)19(28)20(22)23;14-9-6-7-11(12(15)8-9)13(16)17-10-4-2-1-3-5-10/h7-9,11,13,15-16,18,28H,6,10,12H2,1-5H3;1-8,15H,14H2. The average molecular weight is 652 g/mol. The summed E-state index contributed by atoms with van der Waals surface area (Å²) in [5.41, 5.74) is 4.54. The Morgan fingerprint density at radius 2 is 1.73 bits per heavy atom. The predicted octanol–water partition coefficient (Wildman–Crippen LogP) is 7.09. The van der Waals surface area contributed by atoms with Crippen LogP contribution in [0.15, 0.2) is 95.0 Å². The summed E-state index contributed by atoms with van der Waals surface area (Å²) in [6.45, 7) is 10.0. The number of allylic oxidation sites excluding steroid dienone is 4. The molecule has 4 aliphatic carbocycles. The highest BCUT2D eigenvalue weighted by atomic mass is 16.6. The maximum atomic E-state index is 14.0. The average Bonchev–Trinajstić information content (AvgIpc) is 3.39. The SMILES string of the molecule is CC1(C)C(=O)C=CC2(C)C1=C(O)C(=O)C1(C)C2CCC2(C)C(c3ccoc3)CC3OC321.Nc1ccc(C(=O)Oc2ccccc2)c(O)c1. The van der Waals surface area contributed by atoms with Crippen molar-refractivity contribution < 1.29 is 38.5 Å². The van der Waals surface area contributed by atoms with E-state index in [2.05, 4.69) is 13.8 Å². The summed E-state index contributed by atoms with van der Waals surface area (Å²) in [5.74, 6) is -0.693. The normalized spacial score (nSPS) is 35.4. The largest absolute Gasteiger partial charge is 0.507 e. The minimum absolute atomic E-state index is 0.00527. The van der Waals surface area contributed by atoms with Gasteiger partial charge in [0, 0.05) is 22.6 Å². The van der Waals surface area contributed by atoms with Gasteiger partial charge in [0.1, 0.15) is 22.7 Å². The summed E-state index contributed by atoms with van der Waals surface area (Å²) in [5, 5.41) is 20.9. The molecule has 1 spiro atoms. The fraction of sp³-hybridized carbons (Fsp3) is 0.410. The van der Waals surface area contributed by atoms with Crippen LogP contribution in [0.1, 0.15) is 75.7 Å². The number of carbonyl (C=O) groups is 3. The molecule has 9 nitrogen and oxygen atoms in total. The van der Waals surface area contributed by atoms with Crippen molar-refractivity contribution in [3.8, 4) is 11.5 Å². The van der Waals surface area contributed by atoms with Gasteiger partial charge in [0.15, 0.2) is 11.5 Å². The number of hydrogen-bond acceptors (Lipinski definition) is 9. The van der Waals surface area contributed by atoms with Crippen molar-refractivity contribution in [3.63, 3.8) is 0 Å². The van der Waals surface area contributed by atoms with Crippen LogP contribution in [0.25, 0.3) is 0 Å². The number of ketones is 2. The highest BCUT2D eigenvalue weighted by Crippen LogP contribution is 2.81. The highest BCUT2D eigenvalue weighted by Gasteiger charge is 2.87. The fourth-order valence-corrected chi connectivity index (χ4v) is 10.2. The number of furan rings is 1. The number of aliphatic hydroxyl groups is 1. The second-order valence-corrected chi connectivity index (χ2v) is 15.0.